The molecule has 0 amide bonds. The lowest BCUT2D eigenvalue weighted by Crippen LogP contribution is -2.15. The van der Waals surface area contributed by atoms with Crippen LogP contribution in [0.25, 0.3) is 0 Å². The predicted molar refractivity (Wildman–Crippen MR) is 72.8 cm³/mol. The Kier molecular flexibility index (Phi) is 3.31. The number of ether oxygens (including phenoxy) is 2. The molecule has 0 radical (unpaired) electrons. The van der Waals surface area contributed by atoms with E-state index in [1.165, 1.54) is 6.20 Å². The summed E-state index contributed by atoms with van der Waals surface area (Å²) in [5, 5.41) is 3.58. The van der Waals surface area contributed by atoms with Crippen molar-refractivity contribution < 1.29 is 9.47 Å². The van der Waals surface area contributed by atoms with E-state index in [9.17, 15) is 0 Å². The van der Waals surface area contributed by atoms with Gasteiger partial charge in [-0.2, -0.15) is 4.98 Å². The van der Waals surface area contributed by atoms with Gasteiger partial charge in [-0.25, -0.2) is 4.98 Å². The van der Waals surface area contributed by atoms with Gasteiger partial charge in [-0.05, 0) is 23.7 Å². The molecule has 1 aliphatic rings. The van der Waals surface area contributed by atoms with Crippen LogP contribution in [-0.2, 0) is 0 Å². The highest BCUT2D eigenvalue weighted by Crippen LogP contribution is 2.34. The quantitative estimate of drug-likeness (QED) is 0.862. The van der Waals surface area contributed by atoms with Crippen LogP contribution in [0.5, 0.6) is 11.5 Å². The minimum Gasteiger partial charge on any atom is -0.486 e. The Bertz CT molecular complexity index is 622. The summed E-state index contributed by atoms with van der Waals surface area (Å²) in [5.41, 5.74) is 0.779. The van der Waals surface area contributed by atoms with Gasteiger partial charge in [0, 0.05) is 11.8 Å². The van der Waals surface area contributed by atoms with Crippen molar-refractivity contribution in [3.05, 3.63) is 34.7 Å². The maximum atomic E-state index is 5.99. The van der Waals surface area contributed by atoms with E-state index in [0.29, 0.717) is 29.8 Å². The van der Waals surface area contributed by atoms with Gasteiger partial charge in [-0.3, -0.25) is 0 Å². The van der Waals surface area contributed by atoms with Crippen LogP contribution < -0.4 is 14.8 Å². The molecule has 1 N–H and O–H groups in total. The number of anilines is 2. The number of hydrogen-bond donors (Lipinski definition) is 1. The molecular formula is C12H9Cl2N3O2. The van der Waals surface area contributed by atoms with E-state index in [1.54, 1.807) is 0 Å². The molecule has 2 heterocycles. The van der Waals surface area contributed by atoms with Gasteiger partial charge in [0.25, 0.3) is 0 Å². The summed E-state index contributed by atoms with van der Waals surface area (Å²) in [7, 11) is 0. The molecular weight excluding hydrogens is 289 g/mol. The lowest BCUT2D eigenvalue weighted by molar-refractivity contribution is 0.171. The van der Waals surface area contributed by atoms with Gasteiger partial charge >= 0.3 is 0 Å². The summed E-state index contributed by atoms with van der Waals surface area (Å²) in [4.78, 5) is 7.81. The van der Waals surface area contributed by atoms with Crippen LogP contribution in [0.4, 0.5) is 11.5 Å². The zero-order valence-electron chi connectivity index (χ0n) is 9.69. The summed E-state index contributed by atoms with van der Waals surface area (Å²) in [6.45, 7) is 1.10. The maximum Gasteiger partial charge on any atom is 0.224 e. The third-order valence-corrected chi connectivity index (χ3v) is 2.98. The average molecular weight is 298 g/mol. The van der Waals surface area contributed by atoms with Gasteiger partial charge < -0.3 is 14.8 Å². The van der Waals surface area contributed by atoms with E-state index >= 15 is 0 Å². The molecule has 3 rings (SSSR count). The molecule has 0 spiro atoms. The molecule has 0 fully saturated rings. The highest BCUT2D eigenvalue weighted by Gasteiger charge is 2.12. The molecule has 1 aliphatic heterocycles. The first-order chi connectivity index (χ1) is 9.22. The topological polar surface area (TPSA) is 56.3 Å². The van der Waals surface area contributed by atoms with Crippen molar-refractivity contribution in [3.63, 3.8) is 0 Å². The van der Waals surface area contributed by atoms with E-state index in [0.717, 1.165) is 11.4 Å². The molecule has 2 aromatic rings. The highest BCUT2D eigenvalue weighted by molar-refractivity contribution is 6.33. The van der Waals surface area contributed by atoms with Crippen molar-refractivity contribution in [2.24, 2.45) is 0 Å². The largest absolute Gasteiger partial charge is 0.486 e. The number of aromatic nitrogens is 2. The summed E-state index contributed by atoms with van der Waals surface area (Å²) in [5.74, 6) is 1.86. The van der Waals surface area contributed by atoms with E-state index in [4.69, 9.17) is 32.7 Å². The number of hydrogen-bond acceptors (Lipinski definition) is 5. The lowest BCUT2D eigenvalue weighted by Gasteiger charge is -2.19. The van der Waals surface area contributed by atoms with Crippen molar-refractivity contribution in [3.8, 4) is 11.5 Å². The molecule has 7 heteroatoms. The third kappa shape index (κ3) is 2.67. The fourth-order valence-corrected chi connectivity index (χ4v) is 1.96. The zero-order chi connectivity index (χ0) is 13.2. The number of halogens is 2. The van der Waals surface area contributed by atoms with E-state index in [-0.39, 0.29) is 5.28 Å². The fraction of sp³-hybridized carbons (Fsp3) is 0.167. The summed E-state index contributed by atoms with van der Waals surface area (Å²) < 4.78 is 10.9. The van der Waals surface area contributed by atoms with Crippen LogP contribution in [0.1, 0.15) is 0 Å². The Morgan fingerprint density at radius 2 is 1.89 bits per heavy atom. The fourth-order valence-electron chi connectivity index (χ4n) is 1.69. The van der Waals surface area contributed by atoms with Crippen LogP contribution in [0.3, 0.4) is 0 Å². The molecule has 0 bridgehead atoms. The number of nitrogens with zero attached hydrogens (tertiary/aromatic N) is 2. The normalized spacial score (nSPS) is 13.2. The Hall–Kier alpha value is -1.72. The van der Waals surface area contributed by atoms with Crippen molar-refractivity contribution in [1.29, 1.82) is 0 Å². The Labute approximate surface area is 119 Å². The lowest BCUT2D eigenvalue weighted by atomic mass is 10.2. The van der Waals surface area contributed by atoms with Gasteiger partial charge in [0.15, 0.2) is 17.3 Å². The second kappa shape index (κ2) is 5.11. The minimum absolute atomic E-state index is 0.129. The third-order valence-electron chi connectivity index (χ3n) is 2.52. The second-order valence-corrected chi connectivity index (χ2v) is 4.56. The summed E-state index contributed by atoms with van der Waals surface area (Å²) in [6, 6.07) is 5.49. The first kappa shape index (κ1) is 12.3. The Balaban J connectivity index is 1.89. The Morgan fingerprint density at radius 1 is 1.11 bits per heavy atom. The standard InChI is InChI=1S/C12H9Cl2N3O2/c13-8-6-15-12(14)17-11(8)16-7-1-2-9-10(5-7)19-4-3-18-9/h1-2,5-6H,3-4H2,(H,15,16,17). The SMILES string of the molecule is Clc1ncc(Cl)c(Nc2ccc3c(c2)OCCO3)n1. The van der Waals surface area contributed by atoms with Crippen molar-refractivity contribution >= 4 is 34.7 Å². The number of nitrogens with one attached hydrogen (secondary N) is 1. The number of rotatable bonds is 2. The smallest absolute Gasteiger partial charge is 0.224 e. The Morgan fingerprint density at radius 3 is 2.74 bits per heavy atom. The average Bonchev–Trinajstić information content (AvgIpc) is 2.43. The molecule has 5 nitrogen and oxygen atoms in total. The molecule has 0 atom stereocenters. The molecule has 0 unspecified atom stereocenters. The van der Waals surface area contributed by atoms with E-state index in [2.05, 4.69) is 15.3 Å². The van der Waals surface area contributed by atoms with Gasteiger partial charge in [-0.1, -0.05) is 11.6 Å². The van der Waals surface area contributed by atoms with Crippen LogP contribution in [0.15, 0.2) is 24.4 Å². The summed E-state index contributed by atoms with van der Waals surface area (Å²) >= 11 is 11.7. The van der Waals surface area contributed by atoms with Crippen LogP contribution in [0, 0.1) is 0 Å². The van der Waals surface area contributed by atoms with Gasteiger partial charge in [-0.15, -0.1) is 0 Å². The molecule has 0 aliphatic carbocycles. The van der Waals surface area contributed by atoms with Gasteiger partial charge in [0.2, 0.25) is 5.28 Å². The van der Waals surface area contributed by atoms with Gasteiger partial charge in [0.1, 0.15) is 18.2 Å². The minimum atomic E-state index is 0.129. The molecule has 1 aromatic carbocycles. The molecule has 1 aromatic heterocycles. The second-order valence-electron chi connectivity index (χ2n) is 3.82. The van der Waals surface area contributed by atoms with Crippen LogP contribution in [-0.4, -0.2) is 23.2 Å². The maximum absolute atomic E-state index is 5.99. The summed E-state index contributed by atoms with van der Waals surface area (Å²) in [6.07, 6.45) is 1.44. The van der Waals surface area contributed by atoms with Crippen LogP contribution >= 0.6 is 23.2 Å². The molecule has 0 saturated carbocycles. The van der Waals surface area contributed by atoms with Crippen molar-refractivity contribution in [2.75, 3.05) is 18.5 Å². The first-order valence-corrected chi connectivity index (χ1v) is 6.33. The van der Waals surface area contributed by atoms with E-state index in [1.807, 2.05) is 18.2 Å². The zero-order valence-corrected chi connectivity index (χ0v) is 11.2. The molecule has 0 saturated heterocycles. The number of benzene rings is 1. The molecule has 98 valence electrons. The predicted octanol–water partition coefficient (Wildman–Crippen LogP) is 3.30. The van der Waals surface area contributed by atoms with Crippen LogP contribution in [0.2, 0.25) is 10.3 Å². The monoisotopic (exact) mass is 297 g/mol. The molecule has 19 heavy (non-hydrogen) atoms. The van der Waals surface area contributed by atoms with Gasteiger partial charge in [0.05, 0.1) is 6.20 Å². The van der Waals surface area contributed by atoms with E-state index < -0.39 is 0 Å². The highest BCUT2D eigenvalue weighted by atomic mass is 35.5. The van der Waals surface area contributed by atoms with Crippen molar-refractivity contribution in [2.45, 2.75) is 0 Å². The number of fused-ring (bicyclic) bond motifs is 1. The first-order valence-electron chi connectivity index (χ1n) is 5.57. The van der Waals surface area contributed by atoms with Crippen molar-refractivity contribution in [1.82, 2.24) is 9.97 Å².